The Labute approximate surface area is 174 Å². The van der Waals surface area contributed by atoms with Crippen LogP contribution in [0.15, 0.2) is 48.5 Å². The van der Waals surface area contributed by atoms with Gasteiger partial charge in [0.15, 0.2) is 11.6 Å². The van der Waals surface area contributed by atoms with E-state index in [-0.39, 0.29) is 29.9 Å². The van der Waals surface area contributed by atoms with Gasteiger partial charge in [-0.15, -0.1) is 0 Å². The fourth-order valence-corrected chi connectivity index (χ4v) is 3.41. The maximum atomic E-state index is 14.1. The highest BCUT2D eigenvalue weighted by Gasteiger charge is 2.41. The van der Waals surface area contributed by atoms with E-state index >= 15 is 0 Å². The van der Waals surface area contributed by atoms with E-state index in [0.717, 1.165) is 6.07 Å². The van der Waals surface area contributed by atoms with Gasteiger partial charge in [0, 0.05) is 25.6 Å². The Kier molecular flexibility index (Phi) is 7.24. The smallest absolute Gasteiger partial charge is 0.254 e. The number of carbonyl (C=O) groups is 2. The van der Waals surface area contributed by atoms with Crippen LogP contribution in [0.1, 0.15) is 16.8 Å². The SMILES string of the molecule is COCCNC(=O)C1CC(Oc2ccccc2)CN1C(=O)c1ccc(OC)c(F)c1. The summed E-state index contributed by atoms with van der Waals surface area (Å²) in [6.07, 6.45) is -0.0319. The van der Waals surface area contributed by atoms with Crippen molar-refractivity contribution in [2.75, 3.05) is 33.9 Å². The molecule has 0 spiro atoms. The number of nitrogens with one attached hydrogen (secondary N) is 1. The third-order valence-corrected chi connectivity index (χ3v) is 4.88. The van der Waals surface area contributed by atoms with Crippen LogP contribution in [0.4, 0.5) is 4.39 Å². The van der Waals surface area contributed by atoms with E-state index in [1.807, 2.05) is 30.3 Å². The first-order valence-electron chi connectivity index (χ1n) is 9.66. The molecular formula is C22H25FN2O5. The molecule has 0 aromatic heterocycles. The van der Waals surface area contributed by atoms with Crippen LogP contribution >= 0.6 is 0 Å². The Morgan fingerprint density at radius 1 is 1.17 bits per heavy atom. The molecule has 0 bridgehead atoms. The topological polar surface area (TPSA) is 77.1 Å². The van der Waals surface area contributed by atoms with E-state index in [9.17, 15) is 14.0 Å². The predicted octanol–water partition coefficient (Wildman–Crippen LogP) is 2.26. The van der Waals surface area contributed by atoms with Crippen LogP contribution in [-0.4, -0.2) is 62.8 Å². The molecule has 0 aliphatic carbocycles. The number of ether oxygens (including phenoxy) is 3. The van der Waals surface area contributed by atoms with E-state index in [1.165, 1.54) is 24.1 Å². The molecule has 7 nitrogen and oxygen atoms in total. The molecule has 2 atom stereocenters. The van der Waals surface area contributed by atoms with E-state index in [0.29, 0.717) is 25.3 Å². The van der Waals surface area contributed by atoms with Crippen LogP contribution in [0.3, 0.4) is 0 Å². The van der Waals surface area contributed by atoms with Crippen LogP contribution in [0.5, 0.6) is 11.5 Å². The molecule has 0 radical (unpaired) electrons. The van der Waals surface area contributed by atoms with Gasteiger partial charge in [-0.2, -0.15) is 0 Å². The average molecular weight is 416 g/mol. The fourth-order valence-electron chi connectivity index (χ4n) is 3.41. The number of rotatable bonds is 8. The van der Waals surface area contributed by atoms with E-state index < -0.39 is 17.8 Å². The zero-order valence-corrected chi connectivity index (χ0v) is 17.0. The standard InChI is InChI=1S/C22H25FN2O5/c1-28-11-10-24-21(26)19-13-17(30-16-6-4-3-5-7-16)14-25(19)22(27)15-8-9-20(29-2)18(23)12-15/h3-9,12,17,19H,10-11,13-14H2,1-2H3,(H,24,26). The van der Waals surface area contributed by atoms with Crippen LogP contribution in [-0.2, 0) is 9.53 Å². The molecule has 2 aromatic carbocycles. The van der Waals surface area contributed by atoms with E-state index in [4.69, 9.17) is 14.2 Å². The van der Waals surface area contributed by atoms with Crippen LogP contribution in [0.25, 0.3) is 0 Å². The summed E-state index contributed by atoms with van der Waals surface area (Å²) in [5.74, 6) is -0.671. The molecule has 2 unspecified atom stereocenters. The highest BCUT2D eigenvalue weighted by molar-refractivity contribution is 5.98. The molecule has 0 saturated carbocycles. The molecule has 3 rings (SSSR count). The summed E-state index contributed by atoms with van der Waals surface area (Å²) in [5, 5.41) is 2.77. The van der Waals surface area contributed by atoms with Gasteiger partial charge in [-0.1, -0.05) is 18.2 Å². The van der Waals surface area contributed by atoms with Crippen LogP contribution in [0.2, 0.25) is 0 Å². The summed E-state index contributed by atoms with van der Waals surface area (Å²) in [5.41, 5.74) is 0.142. The second-order valence-electron chi connectivity index (χ2n) is 6.90. The van der Waals surface area contributed by atoms with Crippen molar-refractivity contribution in [3.8, 4) is 11.5 Å². The molecule has 1 heterocycles. The number of methoxy groups -OCH3 is 2. The van der Waals surface area contributed by atoms with Gasteiger partial charge >= 0.3 is 0 Å². The van der Waals surface area contributed by atoms with Gasteiger partial charge < -0.3 is 24.4 Å². The number of nitrogens with zero attached hydrogens (tertiary/aromatic N) is 1. The van der Waals surface area contributed by atoms with Gasteiger partial charge in [-0.3, -0.25) is 9.59 Å². The number of hydrogen-bond acceptors (Lipinski definition) is 5. The number of likely N-dealkylation sites (tertiary alicyclic amines) is 1. The number of halogens is 1. The van der Waals surface area contributed by atoms with E-state index in [1.54, 1.807) is 7.11 Å². The molecule has 1 N–H and O–H groups in total. The molecule has 2 amide bonds. The molecular weight excluding hydrogens is 391 g/mol. The van der Waals surface area contributed by atoms with Gasteiger partial charge in [0.2, 0.25) is 5.91 Å². The zero-order chi connectivity index (χ0) is 21.5. The minimum atomic E-state index is -0.728. The molecule has 1 fully saturated rings. The van der Waals surface area contributed by atoms with Crippen molar-refractivity contribution in [1.82, 2.24) is 10.2 Å². The Bertz CT molecular complexity index is 877. The first-order chi connectivity index (χ1) is 14.5. The van der Waals surface area contributed by atoms with Gasteiger partial charge in [-0.25, -0.2) is 4.39 Å². The molecule has 1 saturated heterocycles. The van der Waals surface area contributed by atoms with Crippen LogP contribution < -0.4 is 14.8 Å². The molecule has 160 valence electrons. The average Bonchev–Trinajstić information content (AvgIpc) is 3.17. The van der Waals surface area contributed by atoms with Gasteiger partial charge in [0.05, 0.1) is 20.3 Å². The van der Waals surface area contributed by atoms with Crippen molar-refractivity contribution in [1.29, 1.82) is 0 Å². The summed E-state index contributed by atoms with van der Waals surface area (Å²) in [6.45, 7) is 0.902. The maximum Gasteiger partial charge on any atom is 0.254 e. The minimum absolute atomic E-state index is 0.0483. The number of hydrogen-bond donors (Lipinski definition) is 1. The predicted molar refractivity (Wildman–Crippen MR) is 108 cm³/mol. The normalized spacial score (nSPS) is 18.2. The second kappa shape index (κ2) is 10.1. The fraction of sp³-hybridized carbons (Fsp3) is 0.364. The quantitative estimate of drug-likeness (QED) is 0.668. The Morgan fingerprint density at radius 3 is 2.60 bits per heavy atom. The lowest BCUT2D eigenvalue weighted by molar-refractivity contribution is -0.125. The lowest BCUT2D eigenvalue weighted by Crippen LogP contribution is -2.46. The summed E-state index contributed by atoms with van der Waals surface area (Å²) >= 11 is 0. The maximum absolute atomic E-state index is 14.1. The first-order valence-corrected chi connectivity index (χ1v) is 9.66. The van der Waals surface area contributed by atoms with Crippen molar-refractivity contribution < 1.29 is 28.2 Å². The lowest BCUT2D eigenvalue weighted by Gasteiger charge is -2.23. The van der Waals surface area contributed by atoms with Crippen LogP contribution in [0, 0.1) is 5.82 Å². The van der Waals surface area contributed by atoms with Gasteiger partial charge in [-0.05, 0) is 30.3 Å². The Morgan fingerprint density at radius 2 is 1.93 bits per heavy atom. The monoisotopic (exact) mass is 416 g/mol. The number of para-hydroxylation sites is 1. The molecule has 8 heteroatoms. The van der Waals surface area contributed by atoms with Gasteiger partial charge in [0.25, 0.3) is 5.91 Å². The van der Waals surface area contributed by atoms with Crippen molar-refractivity contribution in [3.63, 3.8) is 0 Å². The lowest BCUT2D eigenvalue weighted by atomic mass is 10.1. The van der Waals surface area contributed by atoms with Crippen molar-refractivity contribution in [2.24, 2.45) is 0 Å². The third-order valence-electron chi connectivity index (χ3n) is 4.88. The summed E-state index contributed by atoms with van der Waals surface area (Å²) in [6, 6.07) is 12.5. The minimum Gasteiger partial charge on any atom is -0.494 e. The number of carbonyl (C=O) groups excluding carboxylic acids is 2. The second-order valence-corrected chi connectivity index (χ2v) is 6.90. The zero-order valence-electron chi connectivity index (χ0n) is 17.0. The molecule has 30 heavy (non-hydrogen) atoms. The Hall–Kier alpha value is -3.13. The summed E-state index contributed by atoms with van der Waals surface area (Å²) in [7, 11) is 2.89. The highest BCUT2D eigenvalue weighted by atomic mass is 19.1. The molecule has 1 aliphatic heterocycles. The van der Waals surface area contributed by atoms with E-state index in [2.05, 4.69) is 5.32 Å². The van der Waals surface area contributed by atoms with Crippen molar-refractivity contribution >= 4 is 11.8 Å². The molecule has 1 aliphatic rings. The van der Waals surface area contributed by atoms with Crippen molar-refractivity contribution in [3.05, 3.63) is 59.9 Å². The largest absolute Gasteiger partial charge is 0.494 e. The summed E-state index contributed by atoms with van der Waals surface area (Å²) < 4.78 is 29.9. The highest BCUT2D eigenvalue weighted by Crippen LogP contribution is 2.26. The Balaban J connectivity index is 1.79. The van der Waals surface area contributed by atoms with Crippen molar-refractivity contribution in [2.45, 2.75) is 18.6 Å². The molecule has 2 aromatic rings. The third kappa shape index (κ3) is 5.07. The number of benzene rings is 2. The van der Waals surface area contributed by atoms with Gasteiger partial charge in [0.1, 0.15) is 17.9 Å². The first kappa shape index (κ1) is 21.6. The summed E-state index contributed by atoms with van der Waals surface area (Å²) in [4.78, 5) is 27.2. The number of amides is 2.